The van der Waals surface area contributed by atoms with Crippen LogP contribution in [0.1, 0.15) is 34.9 Å². The SMILES string of the molecule is COc1ccc(C2CCCN2C(=O)c2cc(-c3cccc(Cl)c3)on2)cc1OC. The van der Waals surface area contributed by atoms with Gasteiger partial charge in [0.1, 0.15) is 0 Å². The second kappa shape index (κ2) is 8.17. The van der Waals surface area contributed by atoms with Crippen molar-refractivity contribution in [3.63, 3.8) is 0 Å². The molecule has 2 aromatic carbocycles. The van der Waals surface area contributed by atoms with Crippen molar-refractivity contribution in [1.82, 2.24) is 10.1 Å². The predicted octanol–water partition coefficient (Wildman–Crippen LogP) is 4.99. The molecule has 1 unspecified atom stereocenters. The number of halogens is 1. The Morgan fingerprint density at radius 2 is 1.97 bits per heavy atom. The number of benzene rings is 2. The molecule has 0 bridgehead atoms. The van der Waals surface area contributed by atoms with Crippen LogP contribution in [-0.4, -0.2) is 36.7 Å². The van der Waals surface area contributed by atoms with Gasteiger partial charge in [0, 0.05) is 23.2 Å². The van der Waals surface area contributed by atoms with Gasteiger partial charge in [0.2, 0.25) is 0 Å². The normalized spacial score (nSPS) is 16.1. The lowest BCUT2D eigenvalue weighted by atomic mass is 10.0. The van der Waals surface area contributed by atoms with Crippen LogP contribution < -0.4 is 9.47 Å². The molecule has 1 atom stereocenters. The number of hydrogen-bond acceptors (Lipinski definition) is 5. The lowest BCUT2D eigenvalue weighted by Gasteiger charge is -2.24. The van der Waals surface area contributed by atoms with E-state index in [2.05, 4.69) is 5.16 Å². The Labute approximate surface area is 174 Å². The summed E-state index contributed by atoms with van der Waals surface area (Å²) in [6.07, 6.45) is 1.80. The van der Waals surface area contributed by atoms with E-state index in [4.69, 9.17) is 25.6 Å². The van der Waals surface area contributed by atoms with Gasteiger partial charge in [-0.1, -0.05) is 35.0 Å². The molecule has 3 aromatic rings. The summed E-state index contributed by atoms with van der Waals surface area (Å²) < 4.78 is 16.1. The highest BCUT2D eigenvalue weighted by molar-refractivity contribution is 6.30. The molecule has 0 spiro atoms. The number of rotatable bonds is 5. The van der Waals surface area contributed by atoms with Crippen LogP contribution in [0.15, 0.2) is 53.1 Å². The van der Waals surface area contributed by atoms with Gasteiger partial charge < -0.3 is 18.9 Å². The zero-order valence-electron chi connectivity index (χ0n) is 16.2. The molecule has 7 heteroatoms. The van der Waals surface area contributed by atoms with Gasteiger partial charge >= 0.3 is 0 Å². The lowest BCUT2D eigenvalue weighted by Crippen LogP contribution is -2.30. The van der Waals surface area contributed by atoms with Crippen molar-refractivity contribution >= 4 is 17.5 Å². The third-order valence-corrected chi connectivity index (χ3v) is 5.38. The molecular weight excluding hydrogens is 392 g/mol. The summed E-state index contributed by atoms with van der Waals surface area (Å²) in [7, 11) is 3.21. The summed E-state index contributed by atoms with van der Waals surface area (Å²) >= 11 is 6.04. The van der Waals surface area contributed by atoms with E-state index in [0.29, 0.717) is 28.8 Å². The molecule has 1 aromatic heterocycles. The van der Waals surface area contributed by atoms with Crippen LogP contribution in [-0.2, 0) is 0 Å². The fraction of sp³-hybridized carbons (Fsp3) is 0.273. The van der Waals surface area contributed by atoms with Gasteiger partial charge in [-0.2, -0.15) is 0 Å². The van der Waals surface area contributed by atoms with Crippen LogP contribution in [0.3, 0.4) is 0 Å². The van der Waals surface area contributed by atoms with Crippen molar-refractivity contribution in [3.8, 4) is 22.8 Å². The number of ether oxygens (including phenoxy) is 2. The molecule has 1 aliphatic heterocycles. The van der Waals surface area contributed by atoms with Crippen molar-refractivity contribution in [1.29, 1.82) is 0 Å². The Morgan fingerprint density at radius 1 is 1.14 bits per heavy atom. The van der Waals surface area contributed by atoms with Crippen LogP contribution in [0.4, 0.5) is 0 Å². The summed E-state index contributed by atoms with van der Waals surface area (Å²) in [6, 6.07) is 14.6. The summed E-state index contributed by atoms with van der Waals surface area (Å²) in [5.74, 6) is 1.67. The Hall–Kier alpha value is -2.99. The van der Waals surface area contributed by atoms with Gasteiger partial charge in [0.25, 0.3) is 5.91 Å². The van der Waals surface area contributed by atoms with Gasteiger partial charge in [-0.25, -0.2) is 0 Å². The number of likely N-dealkylation sites (tertiary alicyclic amines) is 1. The van der Waals surface area contributed by atoms with E-state index in [0.717, 1.165) is 24.0 Å². The number of methoxy groups -OCH3 is 2. The van der Waals surface area contributed by atoms with Crippen LogP contribution in [0.25, 0.3) is 11.3 Å². The summed E-state index contributed by atoms with van der Waals surface area (Å²) in [5.41, 5.74) is 2.07. The van der Waals surface area contributed by atoms with E-state index in [1.54, 1.807) is 32.4 Å². The first-order chi connectivity index (χ1) is 14.1. The highest BCUT2D eigenvalue weighted by Crippen LogP contribution is 2.37. The number of amides is 1. The molecule has 1 amide bonds. The van der Waals surface area contributed by atoms with Crippen molar-refractivity contribution in [3.05, 3.63) is 64.8 Å². The minimum Gasteiger partial charge on any atom is -0.493 e. The molecule has 0 radical (unpaired) electrons. The Bertz CT molecular complexity index is 1030. The third-order valence-electron chi connectivity index (χ3n) is 5.14. The third kappa shape index (κ3) is 3.80. The number of aromatic nitrogens is 1. The van der Waals surface area contributed by atoms with Crippen LogP contribution in [0, 0.1) is 0 Å². The second-order valence-electron chi connectivity index (χ2n) is 6.86. The number of hydrogen-bond donors (Lipinski definition) is 0. The fourth-order valence-corrected chi connectivity index (χ4v) is 3.91. The van der Waals surface area contributed by atoms with Gasteiger partial charge in [-0.15, -0.1) is 0 Å². The molecular formula is C22H21ClN2O4. The molecule has 6 nitrogen and oxygen atoms in total. The first-order valence-electron chi connectivity index (χ1n) is 9.36. The Balaban J connectivity index is 1.59. The summed E-state index contributed by atoms with van der Waals surface area (Å²) in [6.45, 7) is 0.664. The summed E-state index contributed by atoms with van der Waals surface area (Å²) in [4.78, 5) is 15.0. The molecule has 1 fully saturated rings. The highest BCUT2D eigenvalue weighted by Gasteiger charge is 2.32. The van der Waals surface area contributed by atoms with E-state index in [1.165, 1.54) is 0 Å². The highest BCUT2D eigenvalue weighted by atomic mass is 35.5. The van der Waals surface area contributed by atoms with E-state index in [9.17, 15) is 4.79 Å². The average molecular weight is 413 g/mol. The largest absolute Gasteiger partial charge is 0.493 e. The van der Waals surface area contributed by atoms with Crippen molar-refractivity contribution in [2.75, 3.05) is 20.8 Å². The van der Waals surface area contributed by atoms with Gasteiger partial charge in [-0.3, -0.25) is 4.79 Å². The predicted molar refractivity (Wildman–Crippen MR) is 110 cm³/mol. The minimum atomic E-state index is -0.153. The summed E-state index contributed by atoms with van der Waals surface area (Å²) in [5, 5.41) is 4.60. The van der Waals surface area contributed by atoms with E-state index in [1.807, 2.05) is 35.2 Å². The maximum atomic E-state index is 13.1. The zero-order valence-corrected chi connectivity index (χ0v) is 17.0. The number of nitrogens with zero attached hydrogens (tertiary/aromatic N) is 2. The molecule has 0 N–H and O–H groups in total. The minimum absolute atomic E-state index is 0.0476. The van der Waals surface area contributed by atoms with Crippen molar-refractivity contribution in [2.24, 2.45) is 0 Å². The van der Waals surface area contributed by atoms with Crippen LogP contribution in [0.2, 0.25) is 5.02 Å². The monoisotopic (exact) mass is 412 g/mol. The zero-order chi connectivity index (χ0) is 20.4. The molecule has 4 rings (SSSR count). The molecule has 29 heavy (non-hydrogen) atoms. The number of carbonyl (C=O) groups is 1. The van der Waals surface area contributed by atoms with Crippen LogP contribution in [0.5, 0.6) is 11.5 Å². The molecule has 1 aliphatic rings. The van der Waals surface area contributed by atoms with E-state index < -0.39 is 0 Å². The Kier molecular flexibility index (Phi) is 5.45. The van der Waals surface area contributed by atoms with Gasteiger partial charge in [0.05, 0.1) is 20.3 Å². The maximum Gasteiger partial charge on any atom is 0.276 e. The van der Waals surface area contributed by atoms with Gasteiger partial charge in [0.15, 0.2) is 23.0 Å². The first kappa shape index (κ1) is 19.3. The maximum absolute atomic E-state index is 13.1. The molecule has 150 valence electrons. The smallest absolute Gasteiger partial charge is 0.276 e. The second-order valence-corrected chi connectivity index (χ2v) is 7.29. The van der Waals surface area contributed by atoms with Crippen molar-refractivity contribution in [2.45, 2.75) is 18.9 Å². The molecule has 0 saturated carbocycles. The lowest BCUT2D eigenvalue weighted by molar-refractivity contribution is 0.0725. The topological polar surface area (TPSA) is 64.8 Å². The molecule has 2 heterocycles. The Morgan fingerprint density at radius 3 is 2.72 bits per heavy atom. The number of carbonyl (C=O) groups excluding carboxylic acids is 1. The molecule has 1 saturated heterocycles. The fourth-order valence-electron chi connectivity index (χ4n) is 3.72. The van der Waals surface area contributed by atoms with Crippen LogP contribution >= 0.6 is 11.6 Å². The van der Waals surface area contributed by atoms with E-state index in [-0.39, 0.29) is 17.6 Å². The first-order valence-corrected chi connectivity index (χ1v) is 9.74. The quantitative estimate of drug-likeness (QED) is 0.590. The van der Waals surface area contributed by atoms with Crippen molar-refractivity contribution < 1.29 is 18.8 Å². The standard InChI is InChI=1S/C22H21ClN2O4/c1-27-19-9-8-14(12-21(19)28-2)18-7-4-10-25(18)22(26)17-13-20(29-24-17)15-5-3-6-16(23)11-15/h3,5-6,8-9,11-13,18H,4,7,10H2,1-2H3. The van der Waals surface area contributed by atoms with E-state index >= 15 is 0 Å². The van der Waals surface area contributed by atoms with Gasteiger partial charge in [-0.05, 0) is 42.7 Å². The average Bonchev–Trinajstić information content (AvgIpc) is 3.43. The molecule has 0 aliphatic carbocycles.